The Hall–Kier alpha value is -2.70. The van der Waals surface area contributed by atoms with Crippen molar-refractivity contribution >= 4 is 39.8 Å². The molecule has 1 aliphatic carbocycles. The molecule has 2 N–H and O–H groups in total. The van der Waals surface area contributed by atoms with Crippen LogP contribution in [0.15, 0.2) is 47.8 Å². The number of rotatable bonds is 4. The highest BCUT2D eigenvalue weighted by molar-refractivity contribution is 7.15. The number of thiophene rings is 1. The zero-order valence-electron chi connectivity index (χ0n) is 14.5. The fourth-order valence-corrected chi connectivity index (χ4v) is 4.58. The van der Waals surface area contributed by atoms with Gasteiger partial charge in [0, 0.05) is 21.9 Å². The first-order chi connectivity index (χ1) is 13.4. The largest absolute Gasteiger partial charge is 0.478 e. The van der Waals surface area contributed by atoms with Crippen LogP contribution < -0.4 is 5.32 Å². The third-order valence-electron chi connectivity index (χ3n) is 4.87. The summed E-state index contributed by atoms with van der Waals surface area (Å²) in [6.07, 6.45) is 0.954. The zero-order chi connectivity index (χ0) is 19.8. The van der Waals surface area contributed by atoms with Gasteiger partial charge in [-0.05, 0) is 53.8 Å². The van der Waals surface area contributed by atoms with Gasteiger partial charge in [-0.1, -0.05) is 29.8 Å². The minimum atomic E-state index is -1.11. The predicted molar refractivity (Wildman–Crippen MR) is 108 cm³/mol. The Balaban J connectivity index is 1.58. The standard InChI is InChI=1S/C21H15ClFNO3S/c22-15-4-1-11(2-5-15)17-10-28-20(18(17)21(26)27)24-19(25)14-7-12-3-6-16(23)9-13(12)8-14/h1-6,9-10,14H,7-8H2,(H,24,25)(H,26,27). The molecule has 2 aromatic carbocycles. The molecule has 1 unspecified atom stereocenters. The molecule has 0 saturated heterocycles. The molecular weight excluding hydrogens is 401 g/mol. The van der Waals surface area contributed by atoms with Gasteiger partial charge in [-0.3, -0.25) is 4.79 Å². The van der Waals surface area contributed by atoms with Crippen molar-refractivity contribution in [2.24, 2.45) is 5.92 Å². The molecule has 1 heterocycles. The van der Waals surface area contributed by atoms with Crippen molar-refractivity contribution in [3.05, 3.63) is 75.4 Å². The van der Waals surface area contributed by atoms with Crippen LogP contribution in [0.1, 0.15) is 21.5 Å². The second kappa shape index (κ2) is 7.37. The third-order valence-corrected chi connectivity index (χ3v) is 6.02. The number of halogens is 2. The third kappa shape index (κ3) is 3.53. The first-order valence-electron chi connectivity index (χ1n) is 8.61. The molecule has 4 rings (SSSR count). The van der Waals surface area contributed by atoms with Gasteiger partial charge in [-0.25, -0.2) is 9.18 Å². The van der Waals surface area contributed by atoms with E-state index in [2.05, 4.69) is 5.32 Å². The number of hydrogen-bond acceptors (Lipinski definition) is 3. The van der Waals surface area contributed by atoms with Crippen molar-refractivity contribution in [3.8, 4) is 11.1 Å². The van der Waals surface area contributed by atoms with Crippen LogP contribution in [0.25, 0.3) is 11.1 Å². The van der Waals surface area contributed by atoms with Crippen molar-refractivity contribution in [2.75, 3.05) is 5.32 Å². The number of carboxylic acids is 1. The summed E-state index contributed by atoms with van der Waals surface area (Å²) < 4.78 is 13.4. The lowest BCUT2D eigenvalue weighted by Gasteiger charge is -2.10. The highest BCUT2D eigenvalue weighted by atomic mass is 35.5. The Morgan fingerprint density at radius 2 is 1.82 bits per heavy atom. The monoisotopic (exact) mass is 415 g/mol. The number of hydrogen-bond donors (Lipinski definition) is 2. The maximum absolute atomic E-state index is 13.4. The average Bonchev–Trinajstić information content (AvgIpc) is 3.26. The molecule has 0 bridgehead atoms. The Morgan fingerprint density at radius 3 is 2.54 bits per heavy atom. The average molecular weight is 416 g/mol. The van der Waals surface area contributed by atoms with E-state index in [-0.39, 0.29) is 23.2 Å². The van der Waals surface area contributed by atoms with E-state index in [0.717, 1.165) is 11.1 Å². The molecule has 0 saturated carbocycles. The number of nitrogens with one attached hydrogen (secondary N) is 1. The number of aromatic carboxylic acids is 1. The molecule has 4 nitrogen and oxygen atoms in total. The summed E-state index contributed by atoms with van der Waals surface area (Å²) in [5.74, 6) is -2.04. The van der Waals surface area contributed by atoms with E-state index >= 15 is 0 Å². The van der Waals surface area contributed by atoms with E-state index in [4.69, 9.17) is 11.6 Å². The molecule has 3 aromatic rings. The minimum absolute atomic E-state index is 0.0576. The van der Waals surface area contributed by atoms with Gasteiger partial charge in [0.25, 0.3) is 0 Å². The van der Waals surface area contributed by atoms with Crippen LogP contribution in [-0.4, -0.2) is 17.0 Å². The highest BCUT2D eigenvalue weighted by Gasteiger charge is 2.29. The van der Waals surface area contributed by atoms with Crippen LogP contribution >= 0.6 is 22.9 Å². The van der Waals surface area contributed by atoms with Crippen molar-refractivity contribution in [3.63, 3.8) is 0 Å². The second-order valence-corrected chi connectivity index (χ2v) is 7.99. The molecule has 28 heavy (non-hydrogen) atoms. The molecule has 1 aliphatic rings. The molecule has 1 aromatic heterocycles. The van der Waals surface area contributed by atoms with Gasteiger partial charge in [0.15, 0.2) is 0 Å². The number of carbonyl (C=O) groups is 2. The Morgan fingerprint density at radius 1 is 1.11 bits per heavy atom. The van der Waals surface area contributed by atoms with Crippen molar-refractivity contribution in [1.29, 1.82) is 0 Å². The molecule has 7 heteroatoms. The van der Waals surface area contributed by atoms with E-state index in [1.165, 1.54) is 23.5 Å². The van der Waals surface area contributed by atoms with Crippen molar-refractivity contribution in [1.82, 2.24) is 0 Å². The van der Waals surface area contributed by atoms with E-state index in [0.29, 0.717) is 34.0 Å². The first kappa shape index (κ1) is 18.7. The zero-order valence-corrected chi connectivity index (χ0v) is 16.1. The Labute approximate surface area is 169 Å². The van der Waals surface area contributed by atoms with Crippen molar-refractivity contribution in [2.45, 2.75) is 12.8 Å². The molecule has 1 atom stereocenters. The van der Waals surface area contributed by atoms with Gasteiger partial charge in [0.2, 0.25) is 5.91 Å². The normalized spacial score (nSPS) is 15.3. The van der Waals surface area contributed by atoms with Crippen molar-refractivity contribution < 1.29 is 19.1 Å². The lowest BCUT2D eigenvalue weighted by molar-refractivity contribution is -0.119. The number of amides is 1. The first-order valence-corrected chi connectivity index (χ1v) is 9.87. The van der Waals surface area contributed by atoms with Gasteiger partial charge < -0.3 is 10.4 Å². The molecule has 0 fully saturated rings. The van der Waals surface area contributed by atoms with E-state index in [1.54, 1.807) is 35.7 Å². The van der Waals surface area contributed by atoms with Crippen LogP contribution in [-0.2, 0) is 17.6 Å². The van der Waals surface area contributed by atoms with Crippen LogP contribution in [0.4, 0.5) is 9.39 Å². The molecule has 1 amide bonds. The van der Waals surface area contributed by atoms with Gasteiger partial charge in [0.1, 0.15) is 16.4 Å². The fourth-order valence-electron chi connectivity index (χ4n) is 3.49. The van der Waals surface area contributed by atoms with Crippen LogP contribution in [0.5, 0.6) is 0 Å². The van der Waals surface area contributed by atoms with E-state index < -0.39 is 5.97 Å². The van der Waals surface area contributed by atoms with E-state index in [1.807, 2.05) is 0 Å². The topological polar surface area (TPSA) is 66.4 Å². The number of carbonyl (C=O) groups excluding carboxylic acids is 1. The summed E-state index contributed by atoms with van der Waals surface area (Å²) in [6, 6.07) is 11.4. The maximum Gasteiger partial charge on any atom is 0.339 e. The predicted octanol–water partition coefficient (Wildman–Crippen LogP) is 5.26. The summed E-state index contributed by atoms with van der Waals surface area (Å²) in [5, 5.41) is 15.0. The lowest BCUT2D eigenvalue weighted by Crippen LogP contribution is -2.23. The van der Waals surface area contributed by atoms with Gasteiger partial charge >= 0.3 is 5.97 Å². The minimum Gasteiger partial charge on any atom is -0.478 e. The fraction of sp³-hybridized carbons (Fsp3) is 0.143. The van der Waals surface area contributed by atoms with Gasteiger partial charge in [0.05, 0.1) is 0 Å². The lowest BCUT2D eigenvalue weighted by atomic mass is 10.0. The molecule has 0 spiro atoms. The summed E-state index contributed by atoms with van der Waals surface area (Å²) >= 11 is 7.07. The summed E-state index contributed by atoms with van der Waals surface area (Å²) in [7, 11) is 0. The SMILES string of the molecule is O=C(O)c1c(-c2ccc(Cl)cc2)csc1NC(=O)C1Cc2ccc(F)cc2C1. The van der Waals surface area contributed by atoms with Gasteiger partial charge in [-0.2, -0.15) is 0 Å². The Bertz CT molecular complexity index is 1080. The summed E-state index contributed by atoms with van der Waals surface area (Å²) in [6.45, 7) is 0. The number of benzene rings is 2. The number of carboxylic acid groups (broad SMARTS) is 1. The quantitative estimate of drug-likeness (QED) is 0.610. The Kier molecular flexibility index (Phi) is 4.91. The maximum atomic E-state index is 13.4. The number of fused-ring (bicyclic) bond motifs is 1. The number of anilines is 1. The summed E-state index contributed by atoms with van der Waals surface area (Å²) in [4.78, 5) is 24.6. The van der Waals surface area contributed by atoms with Crippen LogP contribution in [0, 0.1) is 11.7 Å². The van der Waals surface area contributed by atoms with Gasteiger partial charge in [-0.15, -0.1) is 11.3 Å². The van der Waals surface area contributed by atoms with Crippen LogP contribution in [0.2, 0.25) is 5.02 Å². The highest BCUT2D eigenvalue weighted by Crippen LogP contribution is 2.37. The molecule has 0 aliphatic heterocycles. The van der Waals surface area contributed by atoms with E-state index in [9.17, 15) is 19.1 Å². The smallest absolute Gasteiger partial charge is 0.339 e. The molecule has 142 valence electrons. The van der Waals surface area contributed by atoms with Crippen LogP contribution in [0.3, 0.4) is 0 Å². The summed E-state index contributed by atoms with van der Waals surface area (Å²) in [5.41, 5.74) is 3.07. The molecule has 0 radical (unpaired) electrons. The molecular formula is C21H15ClFNO3S. The second-order valence-electron chi connectivity index (χ2n) is 6.67.